The molecule has 0 saturated heterocycles. The minimum Gasteiger partial charge on any atom is -0.464 e. The fourth-order valence-electron chi connectivity index (χ4n) is 3.41. The summed E-state index contributed by atoms with van der Waals surface area (Å²) in [5.74, 6) is -0.479. The largest absolute Gasteiger partial charge is 0.573 e. The van der Waals surface area contributed by atoms with Crippen LogP contribution >= 0.6 is 0 Å². The zero-order valence-electron chi connectivity index (χ0n) is 17.0. The van der Waals surface area contributed by atoms with Gasteiger partial charge < -0.3 is 9.47 Å². The van der Waals surface area contributed by atoms with Gasteiger partial charge in [0.2, 0.25) is 0 Å². The predicted molar refractivity (Wildman–Crippen MR) is 105 cm³/mol. The van der Waals surface area contributed by atoms with E-state index < -0.39 is 35.9 Å². The van der Waals surface area contributed by atoms with E-state index in [1.165, 1.54) is 36.4 Å². The Balaban J connectivity index is 1.58. The molecule has 6 nitrogen and oxygen atoms in total. The summed E-state index contributed by atoms with van der Waals surface area (Å²) in [4.78, 5) is 14.2. The Morgan fingerprint density at radius 3 is 2.36 bits per heavy atom. The number of benzene rings is 2. The van der Waals surface area contributed by atoms with Gasteiger partial charge in [-0.15, -0.1) is 13.2 Å². The lowest BCUT2D eigenvalue weighted by molar-refractivity contribution is -0.274. The monoisotopic (exact) mass is 471 g/mol. The van der Waals surface area contributed by atoms with E-state index >= 15 is 0 Å². The average Bonchev–Trinajstić information content (AvgIpc) is 3.08. The number of nitrogens with zero attached hydrogens (tertiary/aromatic N) is 3. The lowest BCUT2D eigenvalue weighted by Crippen LogP contribution is -2.41. The van der Waals surface area contributed by atoms with Gasteiger partial charge >= 0.3 is 18.6 Å². The van der Waals surface area contributed by atoms with Gasteiger partial charge in [0.1, 0.15) is 17.2 Å². The molecule has 0 aliphatic carbocycles. The van der Waals surface area contributed by atoms with E-state index in [1.807, 2.05) is 0 Å². The third kappa shape index (κ3) is 4.32. The predicted octanol–water partition coefficient (Wildman–Crippen LogP) is 5.54. The molecule has 12 heteroatoms. The van der Waals surface area contributed by atoms with Gasteiger partial charge in [0.05, 0.1) is 17.9 Å². The summed E-state index contributed by atoms with van der Waals surface area (Å²) in [6, 6.07) is 6.46. The molecule has 2 aliphatic rings. The summed E-state index contributed by atoms with van der Waals surface area (Å²) in [7, 11) is 1.41. The molecule has 0 radical (unpaired) electrons. The van der Waals surface area contributed by atoms with E-state index in [9.17, 15) is 31.1 Å². The van der Waals surface area contributed by atoms with Crippen molar-refractivity contribution < 1.29 is 40.6 Å². The van der Waals surface area contributed by atoms with Crippen molar-refractivity contribution in [2.75, 3.05) is 11.9 Å². The second-order valence-electron chi connectivity index (χ2n) is 7.25. The van der Waals surface area contributed by atoms with Crippen LogP contribution in [0.3, 0.4) is 0 Å². The number of anilines is 1. The highest BCUT2D eigenvalue weighted by molar-refractivity contribution is 6.17. The number of rotatable bonds is 2. The van der Waals surface area contributed by atoms with Gasteiger partial charge in [0, 0.05) is 23.9 Å². The first-order valence-electron chi connectivity index (χ1n) is 9.45. The smallest absolute Gasteiger partial charge is 0.464 e. The van der Waals surface area contributed by atoms with Gasteiger partial charge in [0.15, 0.2) is 0 Å². The number of alkyl halides is 6. The van der Waals surface area contributed by atoms with Crippen LogP contribution in [-0.2, 0) is 6.18 Å². The summed E-state index contributed by atoms with van der Waals surface area (Å²) in [5, 5.41) is 5.42. The lowest BCUT2D eigenvalue weighted by Gasteiger charge is -2.25. The van der Waals surface area contributed by atoms with E-state index in [-0.39, 0.29) is 11.4 Å². The molecule has 2 aromatic rings. The summed E-state index contributed by atoms with van der Waals surface area (Å²) in [5.41, 5.74) is 0.498. The van der Waals surface area contributed by atoms with E-state index in [2.05, 4.69) is 9.84 Å². The second kappa shape index (κ2) is 7.71. The van der Waals surface area contributed by atoms with Crippen LogP contribution in [0.5, 0.6) is 11.5 Å². The Labute approximate surface area is 183 Å². The maximum Gasteiger partial charge on any atom is 0.573 e. The van der Waals surface area contributed by atoms with E-state index in [4.69, 9.17) is 4.74 Å². The molecule has 174 valence electrons. The quantitative estimate of drug-likeness (QED) is 0.540. The molecular formula is C21H15F6N3O3. The standard InChI is InChI=1S/C21H15F6N3O3/c1-11-16-10-32-17-9-12(20(22,23)24)3-8-15(17)18(16)28-30(11)19(31)29(2)13-4-6-14(7-5-13)33-21(25,26)27/h3-11H,1-2H3/t11-/m1/s1. The number of hydrogen-bond donors (Lipinski definition) is 0. The highest BCUT2D eigenvalue weighted by Crippen LogP contribution is 2.39. The van der Waals surface area contributed by atoms with Crippen molar-refractivity contribution in [2.45, 2.75) is 25.5 Å². The minimum absolute atomic E-state index is 0.0394. The summed E-state index contributed by atoms with van der Waals surface area (Å²) < 4.78 is 85.1. The maximum absolute atomic E-state index is 13.0. The fraction of sp³-hybridized carbons (Fsp3) is 0.238. The normalized spacial score (nSPS) is 17.5. The number of fused-ring (bicyclic) bond motifs is 3. The Kier molecular flexibility index (Phi) is 5.26. The molecule has 33 heavy (non-hydrogen) atoms. The van der Waals surface area contributed by atoms with Gasteiger partial charge in [-0.1, -0.05) is 0 Å². The van der Waals surface area contributed by atoms with Gasteiger partial charge in [-0.25, -0.2) is 9.80 Å². The lowest BCUT2D eigenvalue weighted by atomic mass is 9.96. The Bertz CT molecular complexity index is 1160. The second-order valence-corrected chi connectivity index (χ2v) is 7.25. The number of carbonyl (C=O) groups excluding carboxylic acids is 1. The van der Waals surface area contributed by atoms with Crippen molar-refractivity contribution in [1.29, 1.82) is 0 Å². The Morgan fingerprint density at radius 2 is 1.76 bits per heavy atom. The van der Waals surface area contributed by atoms with Crippen LogP contribution < -0.4 is 14.4 Å². The molecule has 4 rings (SSSR count). The van der Waals surface area contributed by atoms with Crippen molar-refractivity contribution in [3.63, 3.8) is 0 Å². The molecule has 2 amide bonds. The van der Waals surface area contributed by atoms with E-state index in [1.54, 1.807) is 6.92 Å². The molecular weight excluding hydrogens is 456 g/mol. The first-order valence-corrected chi connectivity index (χ1v) is 9.45. The topological polar surface area (TPSA) is 54.4 Å². The van der Waals surface area contributed by atoms with Crippen molar-refractivity contribution in [2.24, 2.45) is 5.10 Å². The third-order valence-electron chi connectivity index (χ3n) is 5.12. The van der Waals surface area contributed by atoms with Gasteiger partial charge in [-0.3, -0.25) is 4.90 Å². The summed E-state index contributed by atoms with van der Waals surface area (Å²) in [6.07, 6.45) is -8.13. The number of amides is 2. The number of carbonyl (C=O) groups is 1. The molecule has 0 aromatic heterocycles. The summed E-state index contributed by atoms with van der Waals surface area (Å²) in [6.45, 7) is 1.66. The van der Waals surface area contributed by atoms with Crippen LogP contribution in [0.25, 0.3) is 0 Å². The molecule has 2 heterocycles. The van der Waals surface area contributed by atoms with E-state index in [0.29, 0.717) is 16.8 Å². The number of urea groups is 1. The number of halogens is 6. The molecule has 0 unspecified atom stereocenters. The van der Waals surface area contributed by atoms with Crippen LogP contribution in [0.4, 0.5) is 36.8 Å². The highest BCUT2D eigenvalue weighted by Gasteiger charge is 2.39. The highest BCUT2D eigenvalue weighted by atomic mass is 19.4. The molecule has 0 spiro atoms. The molecule has 0 N–H and O–H groups in total. The Hall–Kier alpha value is -3.70. The zero-order valence-corrected chi connectivity index (χ0v) is 17.0. The molecule has 1 atom stereocenters. The van der Waals surface area contributed by atoms with Crippen LogP contribution in [0.2, 0.25) is 0 Å². The van der Waals surface area contributed by atoms with E-state index in [0.717, 1.165) is 29.3 Å². The van der Waals surface area contributed by atoms with Crippen LogP contribution in [0, 0.1) is 0 Å². The first kappa shape index (κ1) is 22.5. The maximum atomic E-state index is 13.0. The molecule has 0 fully saturated rings. The van der Waals surface area contributed by atoms with Gasteiger partial charge in [-0.05, 0) is 49.4 Å². The average molecular weight is 471 g/mol. The number of ether oxygens (including phenoxy) is 2. The fourth-order valence-corrected chi connectivity index (χ4v) is 3.41. The van der Waals surface area contributed by atoms with Crippen molar-refractivity contribution in [1.82, 2.24) is 5.01 Å². The Morgan fingerprint density at radius 1 is 1.09 bits per heavy atom. The third-order valence-corrected chi connectivity index (χ3v) is 5.12. The number of hydrazone groups is 1. The zero-order chi connectivity index (χ0) is 24.1. The number of hydrogen-bond acceptors (Lipinski definition) is 4. The van der Waals surface area contributed by atoms with Crippen LogP contribution in [0.1, 0.15) is 18.1 Å². The molecule has 0 saturated carbocycles. The van der Waals surface area contributed by atoms with Gasteiger partial charge in [0.25, 0.3) is 0 Å². The van der Waals surface area contributed by atoms with Crippen LogP contribution in [0.15, 0.2) is 59.4 Å². The van der Waals surface area contributed by atoms with Crippen molar-refractivity contribution >= 4 is 17.4 Å². The first-order chi connectivity index (χ1) is 15.3. The minimum atomic E-state index is -4.84. The van der Waals surface area contributed by atoms with Crippen molar-refractivity contribution in [3.05, 3.63) is 65.4 Å². The molecule has 0 bridgehead atoms. The van der Waals surface area contributed by atoms with Crippen LogP contribution in [-0.4, -0.2) is 36.2 Å². The molecule has 2 aromatic carbocycles. The SMILES string of the molecule is C[C@@H]1C2=COc3cc(C(F)(F)F)ccc3C2=NN1C(=O)N(C)c1ccc(OC(F)(F)F)cc1. The van der Waals surface area contributed by atoms with Crippen molar-refractivity contribution in [3.8, 4) is 11.5 Å². The molecule has 2 aliphatic heterocycles. The summed E-state index contributed by atoms with van der Waals surface area (Å²) >= 11 is 0. The van der Waals surface area contributed by atoms with Gasteiger partial charge in [-0.2, -0.15) is 18.3 Å².